The molecule has 102 valence electrons. The highest BCUT2D eigenvalue weighted by molar-refractivity contribution is 5.85. The van der Waals surface area contributed by atoms with Crippen molar-refractivity contribution in [2.75, 3.05) is 20.8 Å². The molecule has 2 rings (SSSR count). The van der Waals surface area contributed by atoms with Gasteiger partial charge in [-0.15, -0.1) is 12.4 Å². The first-order valence-electron chi connectivity index (χ1n) is 6.26. The Balaban J connectivity index is 0.00000162. The first-order chi connectivity index (χ1) is 8.30. The standard InChI is InChI=1S/C14H21NO2.ClH/c1-4-15-10-5-6-11-12(9-10)14(17-3)8-7-13(11)16-2;/h7-8,10,15H,4-6,9H2,1-3H3;1H/t10-;/m0./s1. The molecular formula is C14H22ClNO2. The van der Waals surface area contributed by atoms with Gasteiger partial charge in [-0.1, -0.05) is 6.92 Å². The highest BCUT2D eigenvalue weighted by Gasteiger charge is 2.23. The summed E-state index contributed by atoms with van der Waals surface area (Å²) < 4.78 is 10.9. The number of hydrogen-bond acceptors (Lipinski definition) is 3. The van der Waals surface area contributed by atoms with E-state index in [1.165, 1.54) is 17.5 Å². The number of fused-ring (bicyclic) bond motifs is 1. The molecule has 0 bridgehead atoms. The maximum Gasteiger partial charge on any atom is 0.122 e. The van der Waals surface area contributed by atoms with Gasteiger partial charge in [-0.05, 0) is 37.9 Å². The Morgan fingerprint density at radius 1 is 1.17 bits per heavy atom. The van der Waals surface area contributed by atoms with Crippen LogP contribution in [0.1, 0.15) is 24.5 Å². The Hall–Kier alpha value is -0.930. The Bertz CT molecular complexity index is 396. The summed E-state index contributed by atoms with van der Waals surface area (Å²) in [7, 11) is 3.47. The van der Waals surface area contributed by atoms with Crippen LogP contribution >= 0.6 is 12.4 Å². The minimum atomic E-state index is 0. The minimum Gasteiger partial charge on any atom is -0.496 e. The van der Waals surface area contributed by atoms with Gasteiger partial charge in [-0.25, -0.2) is 0 Å². The van der Waals surface area contributed by atoms with Crippen LogP contribution in [-0.2, 0) is 12.8 Å². The highest BCUT2D eigenvalue weighted by Crippen LogP contribution is 2.35. The Kier molecular flexibility index (Phi) is 5.76. The van der Waals surface area contributed by atoms with E-state index in [1.807, 2.05) is 12.1 Å². The van der Waals surface area contributed by atoms with Crippen LogP contribution in [0.2, 0.25) is 0 Å². The van der Waals surface area contributed by atoms with Crippen LogP contribution in [0.3, 0.4) is 0 Å². The molecule has 3 nitrogen and oxygen atoms in total. The minimum absolute atomic E-state index is 0. The maximum atomic E-state index is 5.46. The van der Waals surface area contributed by atoms with Gasteiger partial charge < -0.3 is 14.8 Å². The fourth-order valence-electron chi connectivity index (χ4n) is 2.66. The van der Waals surface area contributed by atoms with Gasteiger partial charge in [0.2, 0.25) is 0 Å². The smallest absolute Gasteiger partial charge is 0.122 e. The third-order valence-corrected chi connectivity index (χ3v) is 3.47. The maximum absolute atomic E-state index is 5.46. The van der Waals surface area contributed by atoms with E-state index in [-0.39, 0.29) is 12.4 Å². The van der Waals surface area contributed by atoms with Gasteiger partial charge in [-0.2, -0.15) is 0 Å². The van der Waals surface area contributed by atoms with Crippen molar-refractivity contribution in [3.05, 3.63) is 23.3 Å². The average molecular weight is 272 g/mol. The summed E-state index contributed by atoms with van der Waals surface area (Å²) in [4.78, 5) is 0. The largest absolute Gasteiger partial charge is 0.496 e. The molecule has 1 aliphatic rings. The molecule has 18 heavy (non-hydrogen) atoms. The van der Waals surface area contributed by atoms with E-state index in [4.69, 9.17) is 9.47 Å². The zero-order valence-corrected chi connectivity index (χ0v) is 12.1. The van der Waals surface area contributed by atoms with Gasteiger partial charge >= 0.3 is 0 Å². The normalized spacial score (nSPS) is 17.6. The molecule has 0 saturated carbocycles. The van der Waals surface area contributed by atoms with Crippen molar-refractivity contribution >= 4 is 12.4 Å². The molecule has 0 radical (unpaired) electrons. The van der Waals surface area contributed by atoms with Gasteiger partial charge in [0.05, 0.1) is 14.2 Å². The fraction of sp³-hybridized carbons (Fsp3) is 0.571. The van der Waals surface area contributed by atoms with E-state index in [9.17, 15) is 0 Å². The van der Waals surface area contributed by atoms with E-state index >= 15 is 0 Å². The lowest BCUT2D eigenvalue weighted by atomic mass is 9.87. The number of hydrogen-bond donors (Lipinski definition) is 1. The lowest BCUT2D eigenvalue weighted by molar-refractivity contribution is 0.377. The summed E-state index contributed by atoms with van der Waals surface area (Å²) in [5.41, 5.74) is 2.63. The zero-order valence-electron chi connectivity index (χ0n) is 11.3. The average Bonchev–Trinajstić information content (AvgIpc) is 2.37. The van der Waals surface area contributed by atoms with Crippen molar-refractivity contribution in [1.82, 2.24) is 5.32 Å². The van der Waals surface area contributed by atoms with Crippen LogP contribution in [0.15, 0.2) is 12.1 Å². The topological polar surface area (TPSA) is 30.5 Å². The monoisotopic (exact) mass is 271 g/mol. The SMILES string of the molecule is CCN[C@H]1CCc2c(OC)ccc(OC)c2C1.Cl. The molecule has 0 heterocycles. The first kappa shape index (κ1) is 15.1. The van der Waals surface area contributed by atoms with E-state index in [0.717, 1.165) is 30.9 Å². The second-order valence-corrected chi connectivity index (χ2v) is 4.42. The molecule has 1 N–H and O–H groups in total. The molecule has 0 aromatic heterocycles. The molecule has 0 amide bonds. The molecule has 0 unspecified atom stereocenters. The molecule has 1 aromatic rings. The Morgan fingerprint density at radius 2 is 1.78 bits per heavy atom. The molecule has 0 spiro atoms. The molecule has 4 heteroatoms. The van der Waals surface area contributed by atoms with Crippen molar-refractivity contribution in [1.29, 1.82) is 0 Å². The molecule has 0 saturated heterocycles. The van der Waals surface area contributed by atoms with Crippen molar-refractivity contribution in [2.24, 2.45) is 0 Å². The van der Waals surface area contributed by atoms with Gasteiger partial charge in [0.15, 0.2) is 0 Å². The van der Waals surface area contributed by atoms with Crippen LogP contribution in [-0.4, -0.2) is 26.8 Å². The zero-order chi connectivity index (χ0) is 12.3. The summed E-state index contributed by atoms with van der Waals surface area (Å²) in [5, 5.41) is 3.52. The van der Waals surface area contributed by atoms with Crippen molar-refractivity contribution in [2.45, 2.75) is 32.2 Å². The second kappa shape index (κ2) is 6.86. The summed E-state index contributed by atoms with van der Waals surface area (Å²) in [6, 6.07) is 4.57. The number of nitrogens with one attached hydrogen (secondary N) is 1. The van der Waals surface area contributed by atoms with E-state index < -0.39 is 0 Å². The van der Waals surface area contributed by atoms with Gasteiger partial charge in [-0.3, -0.25) is 0 Å². The van der Waals surface area contributed by atoms with Crippen LogP contribution < -0.4 is 14.8 Å². The molecule has 1 aromatic carbocycles. The van der Waals surface area contributed by atoms with Crippen LogP contribution in [0, 0.1) is 0 Å². The first-order valence-corrected chi connectivity index (χ1v) is 6.26. The van der Waals surface area contributed by atoms with Gasteiger partial charge in [0.1, 0.15) is 11.5 Å². The highest BCUT2D eigenvalue weighted by atomic mass is 35.5. The second-order valence-electron chi connectivity index (χ2n) is 4.42. The molecule has 1 atom stereocenters. The molecular weight excluding hydrogens is 250 g/mol. The predicted octanol–water partition coefficient (Wildman–Crippen LogP) is 2.59. The predicted molar refractivity (Wildman–Crippen MR) is 76.3 cm³/mol. The third-order valence-electron chi connectivity index (χ3n) is 3.47. The van der Waals surface area contributed by atoms with E-state index in [0.29, 0.717) is 6.04 Å². The Labute approximate surface area is 115 Å². The summed E-state index contributed by atoms with van der Waals surface area (Å²) in [5.74, 6) is 1.99. The number of ether oxygens (including phenoxy) is 2. The number of methoxy groups -OCH3 is 2. The summed E-state index contributed by atoms with van der Waals surface area (Å²) >= 11 is 0. The van der Waals surface area contributed by atoms with Crippen LogP contribution in [0.4, 0.5) is 0 Å². The van der Waals surface area contributed by atoms with Gasteiger partial charge in [0, 0.05) is 17.2 Å². The lowest BCUT2D eigenvalue weighted by Gasteiger charge is -2.27. The van der Waals surface area contributed by atoms with E-state index in [1.54, 1.807) is 14.2 Å². The quantitative estimate of drug-likeness (QED) is 0.913. The number of halogens is 1. The fourth-order valence-corrected chi connectivity index (χ4v) is 2.66. The van der Waals surface area contributed by atoms with Crippen molar-refractivity contribution in [3.63, 3.8) is 0 Å². The Morgan fingerprint density at radius 3 is 2.33 bits per heavy atom. The van der Waals surface area contributed by atoms with Crippen molar-refractivity contribution < 1.29 is 9.47 Å². The molecule has 0 fully saturated rings. The molecule has 1 aliphatic carbocycles. The summed E-state index contributed by atoms with van der Waals surface area (Å²) in [6.07, 6.45) is 3.27. The van der Waals surface area contributed by atoms with Crippen molar-refractivity contribution in [3.8, 4) is 11.5 Å². The molecule has 0 aliphatic heterocycles. The summed E-state index contributed by atoms with van der Waals surface area (Å²) in [6.45, 7) is 3.17. The van der Waals surface area contributed by atoms with Crippen LogP contribution in [0.25, 0.3) is 0 Å². The van der Waals surface area contributed by atoms with Gasteiger partial charge in [0.25, 0.3) is 0 Å². The number of rotatable bonds is 4. The number of likely N-dealkylation sites (N-methyl/N-ethyl adjacent to an activating group) is 1. The third kappa shape index (κ3) is 2.90. The lowest BCUT2D eigenvalue weighted by Crippen LogP contribution is -2.34. The van der Waals surface area contributed by atoms with E-state index in [2.05, 4.69) is 12.2 Å². The number of benzene rings is 1. The van der Waals surface area contributed by atoms with Crippen LogP contribution in [0.5, 0.6) is 11.5 Å².